The van der Waals surface area contributed by atoms with Crippen LogP contribution in [0.3, 0.4) is 0 Å². The van der Waals surface area contributed by atoms with Gasteiger partial charge in [-0.2, -0.15) is 13.2 Å². The van der Waals surface area contributed by atoms with Crippen molar-refractivity contribution < 1.29 is 17.6 Å². The summed E-state index contributed by atoms with van der Waals surface area (Å²) in [6.45, 7) is 2.07. The Bertz CT molecular complexity index is 459. The van der Waals surface area contributed by atoms with E-state index in [1.807, 2.05) is 6.92 Å². The molecule has 5 heteroatoms. The maximum Gasteiger partial charge on any atom is 0.416 e. The van der Waals surface area contributed by atoms with Crippen molar-refractivity contribution in [3.63, 3.8) is 0 Å². The smallest absolute Gasteiger partial charge is 0.309 e. The number of hydrogen-bond acceptors (Lipinski definition) is 1. The lowest BCUT2D eigenvalue weighted by Crippen LogP contribution is -2.27. The second kappa shape index (κ2) is 6.58. The van der Waals surface area contributed by atoms with Crippen molar-refractivity contribution in [2.75, 3.05) is 0 Å². The predicted octanol–water partition coefficient (Wildman–Crippen LogP) is 3.74. The molecule has 1 nitrogen and oxygen atoms in total. The molecular formula is C14H15F4N. The van der Waals surface area contributed by atoms with E-state index in [1.54, 1.807) is 0 Å². The van der Waals surface area contributed by atoms with Crippen molar-refractivity contribution in [3.8, 4) is 12.3 Å². The highest BCUT2D eigenvalue weighted by atomic mass is 19.4. The van der Waals surface area contributed by atoms with Gasteiger partial charge in [-0.15, -0.1) is 12.3 Å². The first kappa shape index (κ1) is 15.5. The summed E-state index contributed by atoms with van der Waals surface area (Å²) in [5, 5.41) is 3.02. The average Bonchev–Trinajstić information content (AvgIpc) is 2.32. The van der Waals surface area contributed by atoms with Gasteiger partial charge in [0, 0.05) is 19.0 Å². The molecule has 104 valence electrons. The molecule has 0 aliphatic carbocycles. The Balaban J connectivity index is 2.79. The Kier molecular flexibility index (Phi) is 5.37. The number of rotatable bonds is 5. The van der Waals surface area contributed by atoms with E-state index in [0.29, 0.717) is 12.5 Å². The molecule has 1 atom stereocenters. The van der Waals surface area contributed by atoms with E-state index in [9.17, 15) is 17.6 Å². The summed E-state index contributed by atoms with van der Waals surface area (Å²) in [6, 6.07) is 2.54. The third-order valence-electron chi connectivity index (χ3n) is 2.74. The van der Waals surface area contributed by atoms with Gasteiger partial charge in [-0.1, -0.05) is 6.92 Å². The molecule has 0 aliphatic heterocycles. The SMILES string of the molecule is C#CCC(CC)NCc1cc(F)cc(C(F)(F)F)c1. The molecule has 0 bridgehead atoms. The van der Waals surface area contributed by atoms with Gasteiger partial charge in [-0.25, -0.2) is 4.39 Å². The van der Waals surface area contributed by atoms with Crippen LogP contribution in [0.4, 0.5) is 17.6 Å². The van der Waals surface area contributed by atoms with Crippen LogP contribution in [0.2, 0.25) is 0 Å². The van der Waals surface area contributed by atoms with E-state index in [1.165, 1.54) is 0 Å². The van der Waals surface area contributed by atoms with E-state index in [0.717, 1.165) is 18.6 Å². The number of terminal acetylenes is 1. The quantitative estimate of drug-likeness (QED) is 0.636. The molecule has 0 heterocycles. The lowest BCUT2D eigenvalue weighted by Gasteiger charge is -2.15. The predicted molar refractivity (Wildman–Crippen MR) is 65.8 cm³/mol. The molecule has 0 aliphatic rings. The second-order valence-corrected chi connectivity index (χ2v) is 4.24. The lowest BCUT2D eigenvalue weighted by molar-refractivity contribution is -0.137. The van der Waals surface area contributed by atoms with Crippen LogP contribution in [0.5, 0.6) is 0 Å². The van der Waals surface area contributed by atoms with Gasteiger partial charge in [0.15, 0.2) is 0 Å². The monoisotopic (exact) mass is 273 g/mol. The van der Waals surface area contributed by atoms with Crippen molar-refractivity contribution in [1.29, 1.82) is 0 Å². The fourth-order valence-corrected chi connectivity index (χ4v) is 1.68. The number of alkyl halides is 3. The van der Waals surface area contributed by atoms with Crippen molar-refractivity contribution in [1.82, 2.24) is 5.32 Å². The van der Waals surface area contributed by atoms with Gasteiger partial charge < -0.3 is 5.32 Å². The topological polar surface area (TPSA) is 12.0 Å². The first-order valence-corrected chi connectivity index (χ1v) is 5.90. The summed E-state index contributed by atoms with van der Waals surface area (Å²) < 4.78 is 50.7. The summed E-state index contributed by atoms with van der Waals surface area (Å²) in [7, 11) is 0. The zero-order chi connectivity index (χ0) is 14.5. The Morgan fingerprint density at radius 3 is 2.53 bits per heavy atom. The average molecular weight is 273 g/mol. The highest BCUT2D eigenvalue weighted by molar-refractivity contribution is 5.26. The Morgan fingerprint density at radius 2 is 2.00 bits per heavy atom. The van der Waals surface area contributed by atoms with Crippen LogP contribution in [0.25, 0.3) is 0 Å². The second-order valence-electron chi connectivity index (χ2n) is 4.24. The zero-order valence-corrected chi connectivity index (χ0v) is 10.5. The highest BCUT2D eigenvalue weighted by Crippen LogP contribution is 2.30. The summed E-state index contributed by atoms with van der Waals surface area (Å²) >= 11 is 0. The van der Waals surface area contributed by atoms with Crippen LogP contribution in [0, 0.1) is 18.2 Å². The lowest BCUT2D eigenvalue weighted by atomic mass is 10.1. The molecule has 0 saturated carbocycles. The zero-order valence-electron chi connectivity index (χ0n) is 10.5. The van der Waals surface area contributed by atoms with Gasteiger partial charge >= 0.3 is 6.18 Å². The van der Waals surface area contributed by atoms with Crippen molar-refractivity contribution in [2.24, 2.45) is 0 Å². The summed E-state index contributed by atoms with van der Waals surface area (Å²) in [6.07, 6.45) is 1.88. The molecule has 1 aromatic carbocycles. The standard InChI is InChI=1S/C14H15F4N/c1-3-5-13(4-2)19-9-10-6-11(14(16,17)18)8-12(15)7-10/h1,6-8,13,19H,4-5,9H2,2H3. The summed E-state index contributed by atoms with van der Waals surface area (Å²) in [4.78, 5) is 0. The molecule has 0 aromatic heterocycles. The van der Waals surface area contributed by atoms with Gasteiger partial charge in [0.1, 0.15) is 5.82 Å². The third-order valence-corrected chi connectivity index (χ3v) is 2.74. The van der Waals surface area contributed by atoms with E-state index in [-0.39, 0.29) is 18.2 Å². The molecule has 1 aromatic rings. The van der Waals surface area contributed by atoms with E-state index in [4.69, 9.17) is 6.42 Å². The molecule has 19 heavy (non-hydrogen) atoms. The normalized spacial score (nSPS) is 13.1. The van der Waals surface area contributed by atoms with Gasteiger partial charge in [-0.3, -0.25) is 0 Å². The minimum absolute atomic E-state index is 0.0163. The van der Waals surface area contributed by atoms with E-state index < -0.39 is 17.6 Å². The van der Waals surface area contributed by atoms with Gasteiger partial charge in [-0.05, 0) is 30.2 Å². The summed E-state index contributed by atoms with van der Waals surface area (Å²) in [5.41, 5.74) is -0.725. The molecule has 1 rings (SSSR count). The molecule has 0 fully saturated rings. The van der Waals surface area contributed by atoms with E-state index in [2.05, 4.69) is 11.2 Å². The highest BCUT2D eigenvalue weighted by Gasteiger charge is 2.31. The Labute approximate surface area is 110 Å². The molecule has 0 amide bonds. The minimum atomic E-state index is -4.54. The molecule has 0 saturated heterocycles. The number of hydrogen-bond donors (Lipinski definition) is 1. The van der Waals surface area contributed by atoms with Gasteiger partial charge in [0.05, 0.1) is 5.56 Å². The summed E-state index contributed by atoms with van der Waals surface area (Å²) in [5.74, 6) is 1.59. The van der Waals surface area contributed by atoms with Crippen molar-refractivity contribution in [3.05, 3.63) is 35.1 Å². The number of benzene rings is 1. The van der Waals surface area contributed by atoms with Crippen molar-refractivity contribution >= 4 is 0 Å². The van der Waals surface area contributed by atoms with Crippen LogP contribution >= 0.6 is 0 Å². The first-order chi connectivity index (χ1) is 8.86. The number of nitrogens with one attached hydrogen (secondary N) is 1. The number of halogens is 4. The van der Waals surface area contributed by atoms with Crippen LogP contribution in [0.1, 0.15) is 30.9 Å². The maximum absolute atomic E-state index is 13.2. The van der Waals surface area contributed by atoms with Crippen LogP contribution in [0.15, 0.2) is 18.2 Å². The van der Waals surface area contributed by atoms with Crippen LogP contribution < -0.4 is 5.32 Å². The molecule has 1 N–H and O–H groups in total. The van der Waals surface area contributed by atoms with Crippen LogP contribution in [-0.4, -0.2) is 6.04 Å². The fraction of sp³-hybridized carbons (Fsp3) is 0.429. The Morgan fingerprint density at radius 1 is 1.32 bits per heavy atom. The molecular weight excluding hydrogens is 258 g/mol. The first-order valence-electron chi connectivity index (χ1n) is 5.90. The molecule has 0 radical (unpaired) electrons. The maximum atomic E-state index is 13.2. The van der Waals surface area contributed by atoms with Crippen LogP contribution in [-0.2, 0) is 12.7 Å². The van der Waals surface area contributed by atoms with Gasteiger partial charge in [0.25, 0.3) is 0 Å². The molecule has 1 unspecified atom stereocenters. The van der Waals surface area contributed by atoms with E-state index >= 15 is 0 Å². The minimum Gasteiger partial charge on any atom is -0.309 e. The van der Waals surface area contributed by atoms with Crippen molar-refractivity contribution in [2.45, 2.75) is 38.5 Å². The largest absolute Gasteiger partial charge is 0.416 e. The third kappa shape index (κ3) is 4.92. The van der Waals surface area contributed by atoms with Gasteiger partial charge in [0.2, 0.25) is 0 Å². The fourth-order valence-electron chi connectivity index (χ4n) is 1.68. The Hall–Kier alpha value is -1.54. The molecule has 0 spiro atoms.